The molecular formula is C13H14FN3. The number of nitrogens with zero attached hydrogens (tertiary/aromatic N) is 2. The van der Waals surface area contributed by atoms with E-state index in [1.54, 1.807) is 12.3 Å². The fourth-order valence-corrected chi connectivity index (χ4v) is 2.31. The lowest BCUT2D eigenvalue weighted by molar-refractivity contribution is 0.623. The van der Waals surface area contributed by atoms with Gasteiger partial charge in [-0.2, -0.15) is 5.10 Å². The third-order valence-electron chi connectivity index (χ3n) is 3.21. The number of H-pyrrole nitrogens is 1. The van der Waals surface area contributed by atoms with Crippen LogP contribution in [0, 0.1) is 5.82 Å². The molecular weight excluding hydrogens is 217 g/mol. The normalized spacial score (nSPS) is 15.5. The van der Waals surface area contributed by atoms with E-state index in [9.17, 15) is 4.39 Å². The molecule has 0 unspecified atom stereocenters. The van der Waals surface area contributed by atoms with E-state index >= 15 is 0 Å². The van der Waals surface area contributed by atoms with Gasteiger partial charge in [-0.1, -0.05) is 6.07 Å². The smallest absolute Gasteiger partial charge is 0.147 e. The van der Waals surface area contributed by atoms with Crippen LogP contribution >= 0.6 is 0 Å². The number of aromatic nitrogens is 2. The number of aromatic amines is 1. The van der Waals surface area contributed by atoms with Crippen LogP contribution in [0.25, 0.3) is 11.3 Å². The molecule has 0 bridgehead atoms. The van der Waals surface area contributed by atoms with E-state index in [0.29, 0.717) is 5.69 Å². The minimum absolute atomic E-state index is 0.154. The Hall–Kier alpha value is -1.84. The molecule has 2 aromatic rings. The van der Waals surface area contributed by atoms with Gasteiger partial charge in [-0.05, 0) is 31.0 Å². The van der Waals surface area contributed by atoms with Gasteiger partial charge in [-0.15, -0.1) is 0 Å². The molecule has 0 atom stereocenters. The standard InChI is InChI=1S/C13H14FN3/c14-11-9-10(12-5-6-15-16-12)3-4-13(11)17-7-1-2-8-17/h3-6,9H,1-2,7-8H2,(H,15,16). The molecule has 17 heavy (non-hydrogen) atoms. The number of hydrogen-bond donors (Lipinski definition) is 1. The first-order chi connectivity index (χ1) is 8.34. The summed E-state index contributed by atoms with van der Waals surface area (Å²) >= 11 is 0. The largest absolute Gasteiger partial charge is 0.369 e. The quantitative estimate of drug-likeness (QED) is 0.861. The number of rotatable bonds is 2. The topological polar surface area (TPSA) is 31.9 Å². The van der Waals surface area contributed by atoms with Crippen LogP contribution in [0.5, 0.6) is 0 Å². The van der Waals surface area contributed by atoms with Gasteiger partial charge in [-0.25, -0.2) is 4.39 Å². The molecule has 0 saturated carbocycles. The average Bonchev–Trinajstić information content (AvgIpc) is 3.02. The summed E-state index contributed by atoms with van der Waals surface area (Å²) < 4.78 is 14.0. The second-order valence-electron chi connectivity index (χ2n) is 4.33. The first-order valence-corrected chi connectivity index (χ1v) is 5.89. The van der Waals surface area contributed by atoms with Crippen molar-refractivity contribution in [1.29, 1.82) is 0 Å². The first kappa shape index (κ1) is 10.3. The molecule has 1 saturated heterocycles. The zero-order chi connectivity index (χ0) is 11.7. The van der Waals surface area contributed by atoms with E-state index < -0.39 is 0 Å². The number of halogens is 1. The summed E-state index contributed by atoms with van der Waals surface area (Å²) in [6.45, 7) is 1.92. The highest BCUT2D eigenvalue weighted by atomic mass is 19.1. The minimum Gasteiger partial charge on any atom is -0.369 e. The fourth-order valence-electron chi connectivity index (χ4n) is 2.31. The van der Waals surface area contributed by atoms with Crippen LogP contribution in [0.2, 0.25) is 0 Å². The molecule has 0 radical (unpaired) electrons. The highest BCUT2D eigenvalue weighted by molar-refractivity contribution is 5.63. The second kappa shape index (κ2) is 4.20. The summed E-state index contributed by atoms with van der Waals surface area (Å²) in [5, 5.41) is 6.71. The fraction of sp³-hybridized carbons (Fsp3) is 0.308. The molecule has 2 heterocycles. The Morgan fingerprint density at radius 1 is 1.18 bits per heavy atom. The van der Waals surface area contributed by atoms with Gasteiger partial charge in [0.2, 0.25) is 0 Å². The van der Waals surface area contributed by atoms with Crippen LogP contribution in [0.3, 0.4) is 0 Å². The average molecular weight is 231 g/mol. The Morgan fingerprint density at radius 2 is 2.00 bits per heavy atom. The Bertz CT molecular complexity index is 501. The molecule has 0 spiro atoms. The molecule has 1 aromatic carbocycles. The van der Waals surface area contributed by atoms with Crippen LogP contribution < -0.4 is 4.90 Å². The van der Waals surface area contributed by atoms with Gasteiger partial charge in [0.05, 0.1) is 11.4 Å². The maximum absolute atomic E-state index is 14.0. The summed E-state index contributed by atoms with van der Waals surface area (Å²) in [7, 11) is 0. The van der Waals surface area contributed by atoms with Crippen molar-refractivity contribution in [3.8, 4) is 11.3 Å². The maximum Gasteiger partial charge on any atom is 0.147 e. The third kappa shape index (κ3) is 1.90. The Balaban J connectivity index is 1.94. The van der Waals surface area contributed by atoms with Crippen molar-refractivity contribution >= 4 is 5.69 Å². The Kier molecular flexibility index (Phi) is 2.55. The van der Waals surface area contributed by atoms with Crippen molar-refractivity contribution in [3.63, 3.8) is 0 Å². The molecule has 4 heteroatoms. The highest BCUT2D eigenvalue weighted by Gasteiger charge is 2.16. The predicted molar refractivity (Wildman–Crippen MR) is 65.4 cm³/mol. The van der Waals surface area contributed by atoms with Crippen LogP contribution in [0.15, 0.2) is 30.5 Å². The second-order valence-corrected chi connectivity index (χ2v) is 4.33. The van der Waals surface area contributed by atoms with E-state index in [4.69, 9.17) is 0 Å². The van der Waals surface area contributed by atoms with Crippen LogP contribution in [-0.2, 0) is 0 Å². The minimum atomic E-state index is -0.154. The molecule has 0 aliphatic carbocycles. The zero-order valence-electron chi connectivity index (χ0n) is 9.49. The van der Waals surface area contributed by atoms with Crippen molar-refractivity contribution in [2.45, 2.75) is 12.8 Å². The summed E-state index contributed by atoms with van der Waals surface area (Å²) in [6, 6.07) is 7.20. The molecule has 3 rings (SSSR count). The lowest BCUT2D eigenvalue weighted by Gasteiger charge is -2.18. The van der Waals surface area contributed by atoms with Gasteiger partial charge in [-0.3, -0.25) is 5.10 Å². The molecule has 1 aliphatic heterocycles. The highest BCUT2D eigenvalue weighted by Crippen LogP contribution is 2.27. The third-order valence-corrected chi connectivity index (χ3v) is 3.21. The molecule has 1 aliphatic rings. The molecule has 0 amide bonds. The summed E-state index contributed by atoms with van der Waals surface area (Å²) in [4.78, 5) is 2.10. The lowest BCUT2D eigenvalue weighted by Crippen LogP contribution is -2.18. The van der Waals surface area contributed by atoms with E-state index in [-0.39, 0.29) is 5.82 Å². The first-order valence-electron chi connectivity index (χ1n) is 5.89. The van der Waals surface area contributed by atoms with E-state index in [0.717, 1.165) is 37.2 Å². The van der Waals surface area contributed by atoms with Crippen LogP contribution in [0.1, 0.15) is 12.8 Å². The molecule has 88 valence electrons. The Labute approximate surface area is 99.3 Å². The van der Waals surface area contributed by atoms with Crippen LogP contribution in [-0.4, -0.2) is 23.3 Å². The van der Waals surface area contributed by atoms with Crippen molar-refractivity contribution < 1.29 is 4.39 Å². The van der Waals surface area contributed by atoms with Gasteiger partial charge in [0.15, 0.2) is 0 Å². The molecule has 3 nitrogen and oxygen atoms in total. The van der Waals surface area contributed by atoms with Crippen molar-refractivity contribution in [2.24, 2.45) is 0 Å². The van der Waals surface area contributed by atoms with Gasteiger partial charge in [0.25, 0.3) is 0 Å². The molecule has 1 N–H and O–H groups in total. The maximum atomic E-state index is 14.0. The summed E-state index contributed by atoms with van der Waals surface area (Å²) in [5.74, 6) is -0.154. The molecule has 1 aromatic heterocycles. The van der Waals surface area contributed by atoms with Crippen molar-refractivity contribution in [3.05, 3.63) is 36.3 Å². The van der Waals surface area contributed by atoms with Crippen molar-refractivity contribution in [2.75, 3.05) is 18.0 Å². The summed E-state index contributed by atoms with van der Waals surface area (Å²) in [6.07, 6.45) is 3.98. The van der Waals surface area contributed by atoms with Gasteiger partial charge in [0, 0.05) is 24.8 Å². The number of nitrogens with one attached hydrogen (secondary N) is 1. The predicted octanol–water partition coefficient (Wildman–Crippen LogP) is 2.82. The monoisotopic (exact) mass is 231 g/mol. The van der Waals surface area contributed by atoms with E-state index in [2.05, 4.69) is 15.1 Å². The SMILES string of the molecule is Fc1cc(-c2ccn[nH]2)ccc1N1CCCC1. The van der Waals surface area contributed by atoms with Gasteiger partial charge in [0.1, 0.15) is 5.82 Å². The van der Waals surface area contributed by atoms with Crippen LogP contribution in [0.4, 0.5) is 10.1 Å². The summed E-state index contributed by atoms with van der Waals surface area (Å²) in [5.41, 5.74) is 2.39. The lowest BCUT2D eigenvalue weighted by atomic mass is 10.1. The molecule has 1 fully saturated rings. The Morgan fingerprint density at radius 3 is 2.65 bits per heavy atom. The van der Waals surface area contributed by atoms with E-state index in [1.807, 2.05) is 18.2 Å². The number of anilines is 1. The van der Waals surface area contributed by atoms with Gasteiger partial charge < -0.3 is 4.90 Å². The van der Waals surface area contributed by atoms with E-state index in [1.165, 1.54) is 0 Å². The number of hydrogen-bond acceptors (Lipinski definition) is 2. The van der Waals surface area contributed by atoms with Gasteiger partial charge >= 0.3 is 0 Å². The number of benzene rings is 1. The zero-order valence-corrected chi connectivity index (χ0v) is 9.49. The van der Waals surface area contributed by atoms with Crippen molar-refractivity contribution in [1.82, 2.24) is 10.2 Å².